The fourth-order valence-corrected chi connectivity index (χ4v) is 1.87. The van der Waals surface area contributed by atoms with Gasteiger partial charge in [-0.3, -0.25) is 28.8 Å². The highest BCUT2D eigenvalue weighted by atomic mass is 16.4. The number of rotatable bonds is 13. The minimum Gasteiger partial charge on any atom is -0.481 e. The van der Waals surface area contributed by atoms with E-state index in [2.05, 4.69) is 10.6 Å². The molecule has 14 nitrogen and oxygen atoms in total. The van der Waals surface area contributed by atoms with Crippen LogP contribution in [0.15, 0.2) is 0 Å². The van der Waals surface area contributed by atoms with Crippen molar-refractivity contribution in [3.05, 3.63) is 0 Å². The van der Waals surface area contributed by atoms with Crippen LogP contribution in [0.25, 0.3) is 0 Å². The van der Waals surface area contributed by atoms with Crippen molar-refractivity contribution >= 4 is 35.6 Å². The molecule has 0 heterocycles. The van der Waals surface area contributed by atoms with Gasteiger partial charge in [-0.2, -0.15) is 0 Å². The molecule has 0 bridgehead atoms. The van der Waals surface area contributed by atoms with E-state index in [0.29, 0.717) is 0 Å². The average Bonchev–Trinajstić information content (AvgIpc) is 2.60. The first-order valence-corrected chi connectivity index (χ1v) is 7.94. The normalized spacial score (nSPS) is 13.5. The Morgan fingerprint density at radius 1 is 0.857 bits per heavy atom. The van der Waals surface area contributed by atoms with E-state index < -0.39 is 79.7 Å². The Morgan fingerprint density at radius 3 is 1.89 bits per heavy atom. The number of hydrogen-bond donors (Lipinski definition) is 8. The second-order valence-electron chi connectivity index (χ2n) is 5.63. The summed E-state index contributed by atoms with van der Waals surface area (Å²) in [7, 11) is 0. The molecule has 0 aromatic heterocycles. The molecule has 158 valence electrons. The van der Waals surface area contributed by atoms with Gasteiger partial charge in [0.05, 0.1) is 13.0 Å². The fraction of sp³-hybridized carbons (Fsp3) is 0.571. The first kappa shape index (κ1) is 24.7. The van der Waals surface area contributed by atoms with Crippen LogP contribution >= 0.6 is 0 Å². The minimum absolute atomic E-state index is 0.389. The molecule has 4 amide bonds. The molecule has 0 rings (SSSR count). The number of carboxylic acid groups (broad SMARTS) is 2. The Balaban J connectivity index is 5.26. The van der Waals surface area contributed by atoms with Crippen LogP contribution in [0.1, 0.15) is 19.3 Å². The van der Waals surface area contributed by atoms with E-state index in [1.165, 1.54) is 0 Å². The highest BCUT2D eigenvalue weighted by Crippen LogP contribution is 2.01. The highest BCUT2D eigenvalue weighted by molar-refractivity contribution is 5.96. The van der Waals surface area contributed by atoms with Crippen LogP contribution in [0, 0.1) is 0 Å². The van der Waals surface area contributed by atoms with Crippen molar-refractivity contribution in [3.63, 3.8) is 0 Å². The molecule has 0 radical (unpaired) electrons. The maximum atomic E-state index is 12.3. The highest BCUT2D eigenvalue weighted by Gasteiger charge is 2.29. The molecule has 0 aliphatic rings. The number of aliphatic hydroxyl groups is 1. The summed E-state index contributed by atoms with van der Waals surface area (Å²) in [6.07, 6.45) is -1.59. The van der Waals surface area contributed by atoms with Crippen LogP contribution in [0.2, 0.25) is 0 Å². The summed E-state index contributed by atoms with van der Waals surface area (Å²) in [5.74, 6) is -6.63. The van der Waals surface area contributed by atoms with Gasteiger partial charge < -0.3 is 42.7 Å². The molecule has 28 heavy (non-hydrogen) atoms. The smallest absolute Gasteiger partial charge is 0.322 e. The second kappa shape index (κ2) is 12.2. The molecule has 0 saturated heterocycles. The lowest BCUT2D eigenvalue weighted by Gasteiger charge is -2.23. The SMILES string of the molecule is NC(=O)CC(NC(=O)C(N)CO)C(=O)NC(CCC(=O)O)C(=O)NCC(=O)O. The van der Waals surface area contributed by atoms with Gasteiger partial charge in [0, 0.05) is 6.42 Å². The monoisotopic (exact) mass is 405 g/mol. The molecular formula is C14H23N5O9. The number of hydrogen-bond acceptors (Lipinski definition) is 8. The molecule has 14 heteroatoms. The number of nitrogens with two attached hydrogens (primary N) is 2. The van der Waals surface area contributed by atoms with E-state index in [1.54, 1.807) is 0 Å². The maximum Gasteiger partial charge on any atom is 0.322 e. The van der Waals surface area contributed by atoms with Crippen molar-refractivity contribution in [3.8, 4) is 0 Å². The average molecular weight is 405 g/mol. The van der Waals surface area contributed by atoms with Gasteiger partial charge in [-0.05, 0) is 6.42 Å². The topological polar surface area (TPSA) is 251 Å². The third kappa shape index (κ3) is 10.0. The van der Waals surface area contributed by atoms with Crippen molar-refractivity contribution in [2.24, 2.45) is 11.5 Å². The summed E-state index contributed by atoms with van der Waals surface area (Å²) >= 11 is 0. The molecule has 0 saturated carbocycles. The van der Waals surface area contributed by atoms with E-state index in [-0.39, 0.29) is 6.42 Å². The molecule has 0 spiro atoms. The number of nitrogens with one attached hydrogen (secondary N) is 3. The summed E-state index contributed by atoms with van der Waals surface area (Å²) in [6.45, 7) is -1.51. The first-order chi connectivity index (χ1) is 13.0. The zero-order valence-electron chi connectivity index (χ0n) is 14.7. The van der Waals surface area contributed by atoms with Crippen LogP contribution in [0.5, 0.6) is 0 Å². The number of carbonyl (C=O) groups excluding carboxylic acids is 4. The van der Waals surface area contributed by atoms with E-state index in [9.17, 15) is 28.8 Å². The number of amides is 4. The third-order valence-corrected chi connectivity index (χ3v) is 3.27. The standard InChI is InChI=1S/C14H23N5O9/c15-6(5-20)12(26)19-8(3-9(16)21)14(28)18-7(1-2-10(22)23)13(27)17-4-11(24)25/h6-8,20H,1-5,15H2,(H2,16,21)(H,17,27)(H,18,28)(H,19,26)(H,22,23)(H,24,25). The minimum atomic E-state index is -1.55. The Hall–Kier alpha value is -3.26. The first-order valence-electron chi connectivity index (χ1n) is 7.94. The van der Waals surface area contributed by atoms with Gasteiger partial charge in [-0.1, -0.05) is 0 Å². The maximum absolute atomic E-state index is 12.3. The van der Waals surface area contributed by atoms with E-state index >= 15 is 0 Å². The van der Waals surface area contributed by atoms with E-state index in [1.807, 2.05) is 5.32 Å². The number of carboxylic acids is 2. The Bertz CT molecular complexity index is 624. The molecule has 0 aromatic carbocycles. The largest absolute Gasteiger partial charge is 0.481 e. The van der Waals surface area contributed by atoms with Gasteiger partial charge in [-0.15, -0.1) is 0 Å². The van der Waals surface area contributed by atoms with Crippen LogP contribution < -0.4 is 27.4 Å². The van der Waals surface area contributed by atoms with Crippen LogP contribution in [0.4, 0.5) is 0 Å². The van der Waals surface area contributed by atoms with Crippen LogP contribution in [-0.2, 0) is 28.8 Å². The van der Waals surface area contributed by atoms with Gasteiger partial charge in [-0.25, -0.2) is 0 Å². The van der Waals surface area contributed by atoms with Crippen molar-refractivity contribution < 1.29 is 44.1 Å². The molecule has 3 unspecified atom stereocenters. The zero-order chi connectivity index (χ0) is 21.9. The lowest BCUT2D eigenvalue weighted by molar-refractivity contribution is -0.140. The Kier molecular flexibility index (Phi) is 10.8. The molecule has 0 fully saturated rings. The van der Waals surface area contributed by atoms with Crippen molar-refractivity contribution in [1.82, 2.24) is 16.0 Å². The van der Waals surface area contributed by atoms with Gasteiger partial charge in [0.15, 0.2) is 0 Å². The molecule has 0 aliphatic heterocycles. The summed E-state index contributed by atoms with van der Waals surface area (Å²) in [4.78, 5) is 68.5. The molecule has 10 N–H and O–H groups in total. The molecular weight excluding hydrogens is 382 g/mol. The van der Waals surface area contributed by atoms with Crippen molar-refractivity contribution in [2.75, 3.05) is 13.2 Å². The van der Waals surface area contributed by atoms with E-state index in [0.717, 1.165) is 0 Å². The third-order valence-electron chi connectivity index (χ3n) is 3.27. The Morgan fingerprint density at radius 2 is 1.43 bits per heavy atom. The number of primary amides is 1. The second-order valence-corrected chi connectivity index (χ2v) is 5.63. The lowest BCUT2D eigenvalue weighted by Crippen LogP contribution is -2.57. The molecule has 3 atom stereocenters. The number of carbonyl (C=O) groups is 6. The van der Waals surface area contributed by atoms with Crippen molar-refractivity contribution in [2.45, 2.75) is 37.4 Å². The lowest BCUT2D eigenvalue weighted by atomic mass is 10.1. The Labute approximate surface area is 158 Å². The van der Waals surface area contributed by atoms with Gasteiger partial charge in [0.1, 0.15) is 24.7 Å². The van der Waals surface area contributed by atoms with Crippen molar-refractivity contribution in [1.29, 1.82) is 0 Å². The quantitative estimate of drug-likeness (QED) is 0.145. The number of aliphatic carboxylic acids is 2. The summed E-state index contributed by atoms with van der Waals surface area (Å²) < 4.78 is 0. The fourth-order valence-electron chi connectivity index (χ4n) is 1.87. The summed E-state index contributed by atoms with van der Waals surface area (Å²) in [5.41, 5.74) is 10.3. The van der Waals surface area contributed by atoms with E-state index in [4.69, 9.17) is 26.8 Å². The summed E-state index contributed by atoms with van der Waals surface area (Å²) in [6, 6.07) is -4.39. The number of aliphatic hydroxyl groups excluding tert-OH is 1. The molecule has 0 aromatic rings. The van der Waals surface area contributed by atoms with Crippen LogP contribution in [0.3, 0.4) is 0 Å². The van der Waals surface area contributed by atoms with Crippen LogP contribution in [-0.4, -0.2) is 82.2 Å². The predicted octanol–water partition coefficient (Wildman–Crippen LogP) is -4.78. The predicted molar refractivity (Wildman–Crippen MR) is 90.2 cm³/mol. The zero-order valence-corrected chi connectivity index (χ0v) is 14.7. The molecule has 0 aliphatic carbocycles. The van der Waals surface area contributed by atoms with Gasteiger partial charge >= 0.3 is 11.9 Å². The van der Waals surface area contributed by atoms with Gasteiger partial charge in [0.2, 0.25) is 23.6 Å². The van der Waals surface area contributed by atoms with Gasteiger partial charge in [0.25, 0.3) is 0 Å². The summed E-state index contributed by atoms with van der Waals surface area (Å²) in [5, 5.41) is 32.4.